The number of rotatable bonds is 6. The zero-order valence-corrected chi connectivity index (χ0v) is 18.5. The zero-order valence-electron chi connectivity index (χ0n) is 18.5. The van der Waals surface area contributed by atoms with Crippen LogP contribution >= 0.6 is 0 Å². The molecule has 2 fully saturated rings. The van der Waals surface area contributed by atoms with E-state index in [2.05, 4.69) is 31.4 Å². The van der Waals surface area contributed by atoms with Gasteiger partial charge in [0.2, 0.25) is 0 Å². The molecule has 1 saturated heterocycles. The van der Waals surface area contributed by atoms with Crippen LogP contribution in [0.2, 0.25) is 0 Å². The van der Waals surface area contributed by atoms with Gasteiger partial charge in [-0.15, -0.1) is 0 Å². The topological polar surface area (TPSA) is 105 Å². The van der Waals surface area contributed by atoms with E-state index in [9.17, 15) is 19.2 Å². The van der Waals surface area contributed by atoms with Crippen molar-refractivity contribution in [1.82, 2.24) is 15.5 Å². The van der Waals surface area contributed by atoms with Crippen molar-refractivity contribution in [2.24, 2.45) is 11.3 Å². The first-order chi connectivity index (χ1) is 13.3. The number of ether oxygens (including phenoxy) is 1. The van der Waals surface area contributed by atoms with Gasteiger partial charge in [0.05, 0.1) is 0 Å². The molecule has 164 valence electrons. The number of carbonyl (C=O) groups is 4. The molecule has 1 aliphatic carbocycles. The van der Waals surface area contributed by atoms with Crippen molar-refractivity contribution < 1.29 is 23.9 Å². The number of nitrogens with one attached hydrogen (secondary N) is 2. The van der Waals surface area contributed by atoms with E-state index in [1.165, 1.54) is 0 Å². The second-order valence-electron chi connectivity index (χ2n) is 9.99. The molecular weight excluding hydrogens is 374 g/mol. The summed E-state index contributed by atoms with van der Waals surface area (Å²) in [5.74, 6) is -1.08. The van der Waals surface area contributed by atoms with Gasteiger partial charge in [0.25, 0.3) is 11.8 Å². The summed E-state index contributed by atoms with van der Waals surface area (Å²) < 4.78 is 4.97. The molecule has 0 atom stereocenters. The van der Waals surface area contributed by atoms with E-state index in [4.69, 9.17) is 4.74 Å². The Morgan fingerprint density at radius 2 is 1.76 bits per heavy atom. The Hall–Kier alpha value is -2.12. The number of urea groups is 1. The van der Waals surface area contributed by atoms with Crippen LogP contribution in [0, 0.1) is 11.3 Å². The molecule has 0 bridgehead atoms. The minimum Gasteiger partial charge on any atom is -0.454 e. The normalized spacial score (nSPS) is 25.2. The van der Waals surface area contributed by atoms with Gasteiger partial charge in [-0.3, -0.25) is 19.3 Å². The minimum atomic E-state index is -0.915. The van der Waals surface area contributed by atoms with Crippen LogP contribution in [0.5, 0.6) is 0 Å². The number of hydrogen-bond donors (Lipinski definition) is 2. The molecule has 0 aromatic carbocycles. The summed E-state index contributed by atoms with van der Waals surface area (Å²) in [6, 6.07) is -0.572. The number of amides is 4. The van der Waals surface area contributed by atoms with Crippen molar-refractivity contribution in [1.29, 1.82) is 0 Å². The van der Waals surface area contributed by atoms with Crippen LogP contribution < -0.4 is 10.6 Å². The van der Waals surface area contributed by atoms with E-state index >= 15 is 0 Å². The smallest absolute Gasteiger partial charge is 0.326 e. The van der Waals surface area contributed by atoms with Crippen molar-refractivity contribution in [2.75, 3.05) is 13.2 Å². The summed E-state index contributed by atoms with van der Waals surface area (Å²) in [5.41, 5.74) is -1.15. The first kappa shape index (κ1) is 23.2. The Balaban J connectivity index is 1.89. The number of carbonyl (C=O) groups excluding carboxylic acids is 4. The maximum Gasteiger partial charge on any atom is 0.326 e. The van der Waals surface area contributed by atoms with E-state index in [1.807, 2.05) is 20.8 Å². The first-order valence-electron chi connectivity index (χ1n) is 10.4. The van der Waals surface area contributed by atoms with Gasteiger partial charge in [0.1, 0.15) is 12.1 Å². The van der Waals surface area contributed by atoms with Crippen molar-refractivity contribution in [2.45, 2.75) is 84.7 Å². The first-order valence-corrected chi connectivity index (χ1v) is 10.4. The van der Waals surface area contributed by atoms with Crippen molar-refractivity contribution in [3.05, 3.63) is 0 Å². The lowest BCUT2D eigenvalue weighted by Gasteiger charge is -2.40. The van der Waals surface area contributed by atoms with Gasteiger partial charge in [0.15, 0.2) is 6.61 Å². The molecule has 29 heavy (non-hydrogen) atoms. The predicted octanol–water partition coefficient (Wildman–Crippen LogP) is 2.36. The van der Waals surface area contributed by atoms with E-state index < -0.39 is 42.1 Å². The molecule has 8 nitrogen and oxygen atoms in total. The highest BCUT2D eigenvalue weighted by Gasteiger charge is 2.53. The van der Waals surface area contributed by atoms with Crippen molar-refractivity contribution in [3.63, 3.8) is 0 Å². The molecule has 1 spiro atoms. The van der Waals surface area contributed by atoms with Crippen LogP contribution in [0.3, 0.4) is 0 Å². The molecule has 1 heterocycles. The summed E-state index contributed by atoms with van der Waals surface area (Å²) in [6.45, 7) is 11.3. The summed E-state index contributed by atoms with van der Waals surface area (Å²) in [5, 5.41) is 5.56. The molecule has 2 N–H and O–H groups in total. The third-order valence-corrected chi connectivity index (χ3v) is 6.32. The Morgan fingerprint density at radius 1 is 1.17 bits per heavy atom. The molecule has 2 aliphatic rings. The molecule has 0 unspecified atom stereocenters. The third-order valence-electron chi connectivity index (χ3n) is 6.32. The van der Waals surface area contributed by atoms with Crippen LogP contribution in [0.25, 0.3) is 0 Å². The van der Waals surface area contributed by atoms with Crippen LogP contribution in [-0.4, -0.2) is 52.9 Å². The molecule has 2 rings (SSSR count). The van der Waals surface area contributed by atoms with Gasteiger partial charge in [0, 0.05) is 5.54 Å². The van der Waals surface area contributed by atoms with E-state index in [1.54, 1.807) is 0 Å². The average molecular weight is 410 g/mol. The van der Waals surface area contributed by atoms with Gasteiger partial charge in [-0.2, -0.15) is 0 Å². The summed E-state index contributed by atoms with van der Waals surface area (Å²) in [6.07, 6.45) is 3.56. The number of nitrogens with zero attached hydrogens (tertiary/aromatic N) is 1. The molecule has 0 aromatic rings. The van der Waals surface area contributed by atoms with Gasteiger partial charge in [-0.1, -0.05) is 27.7 Å². The van der Waals surface area contributed by atoms with Crippen LogP contribution in [0.4, 0.5) is 4.79 Å². The second-order valence-corrected chi connectivity index (χ2v) is 9.99. The summed E-state index contributed by atoms with van der Waals surface area (Å²) in [7, 11) is 0. The van der Waals surface area contributed by atoms with Gasteiger partial charge < -0.3 is 15.4 Å². The molecule has 0 aromatic heterocycles. The fourth-order valence-corrected chi connectivity index (χ4v) is 3.96. The summed E-state index contributed by atoms with van der Waals surface area (Å²) >= 11 is 0. The lowest BCUT2D eigenvalue weighted by atomic mass is 9.67. The van der Waals surface area contributed by atoms with Crippen LogP contribution in [-0.2, 0) is 19.1 Å². The number of hydrogen-bond acceptors (Lipinski definition) is 5. The molecule has 8 heteroatoms. The Kier molecular flexibility index (Phi) is 6.65. The lowest BCUT2D eigenvalue weighted by Crippen LogP contribution is -2.50. The maximum atomic E-state index is 12.9. The zero-order chi connectivity index (χ0) is 22.0. The third kappa shape index (κ3) is 5.48. The van der Waals surface area contributed by atoms with E-state index in [0.29, 0.717) is 18.8 Å². The quantitative estimate of drug-likeness (QED) is 0.518. The fourth-order valence-electron chi connectivity index (χ4n) is 3.96. The molecule has 0 radical (unpaired) electrons. The molecular formula is C21H35N3O5. The molecule has 1 saturated carbocycles. The molecule has 1 aliphatic heterocycles. The predicted molar refractivity (Wildman–Crippen MR) is 108 cm³/mol. The molecule has 4 amide bonds. The van der Waals surface area contributed by atoms with E-state index in [-0.39, 0.29) is 11.3 Å². The van der Waals surface area contributed by atoms with Gasteiger partial charge >= 0.3 is 12.0 Å². The number of esters is 1. The van der Waals surface area contributed by atoms with Crippen molar-refractivity contribution >= 4 is 23.8 Å². The Bertz CT molecular complexity index is 672. The number of imide groups is 1. The van der Waals surface area contributed by atoms with Crippen molar-refractivity contribution in [3.8, 4) is 0 Å². The second kappa shape index (κ2) is 8.32. The highest BCUT2D eigenvalue weighted by molar-refractivity contribution is 6.08. The average Bonchev–Trinajstić information content (AvgIpc) is 2.83. The van der Waals surface area contributed by atoms with Gasteiger partial charge in [-0.05, 0) is 57.3 Å². The maximum absolute atomic E-state index is 12.9. The summed E-state index contributed by atoms with van der Waals surface area (Å²) in [4.78, 5) is 50.2. The highest BCUT2D eigenvalue weighted by Crippen LogP contribution is 2.43. The van der Waals surface area contributed by atoms with Crippen LogP contribution in [0.1, 0.15) is 73.6 Å². The van der Waals surface area contributed by atoms with Gasteiger partial charge in [-0.25, -0.2) is 4.79 Å². The SMILES string of the molecule is CCC(C)(C)NC(=O)COC(=O)CN1C(=O)NC2(CCC(C(C)(C)C)CC2)C1=O. The minimum absolute atomic E-state index is 0.156. The van der Waals surface area contributed by atoms with E-state index in [0.717, 1.165) is 24.2 Å². The monoisotopic (exact) mass is 409 g/mol. The Morgan fingerprint density at radius 3 is 2.28 bits per heavy atom. The highest BCUT2D eigenvalue weighted by atomic mass is 16.5. The largest absolute Gasteiger partial charge is 0.454 e. The standard InChI is InChI=1S/C21H35N3O5/c1-7-20(5,6)22-15(25)13-29-16(26)12-24-17(27)21(23-18(24)28)10-8-14(9-11-21)19(2,3)4/h14H,7-13H2,1-6H3,(H,22,25)(H,23,28). The fraction of sp³-hybridized carbons (Fsp3) is 0.810. The lowest BCUT2D eigenvalue weighted by molar-refractivity contribution is -0.151. The Labute approximate surface area is 173 Å². The van der Waals surface area contributed by atoms with Crippen LogP contribution in [0.15, 0.2) is 0 Å².